The summed E-state index contributed by atoms with van der Waals surface area (Å²) in [6, 6.07) is 5.46. The number of aryl methyl sites for hydroxylation is 1. The molecule has 0 spiro atoms. The molecule has 2 aromatic rings. The molecule has 132 valence electrons. The highest BCUT2D eigenvalue weighted by molar-refractivity contribution is 5.88. The minimum Gasteiger partial charge on any atom is -0.500 e. The minimum absolute atomic E-state index is 0.138. The predicted molar refractivity (Wildman–Crippen MR) is 96.3 cm³/mol. The molecule has 0 aliphatic carbocycles. The van der Waals surface area contributed by atoms with E-state index in [-0.39, 0.29) is 17.6 Å². The molecule has 0 atom stereocenters. The van der Waals surface area contributed by atoms with Crippen molar-refractivity contribution in [1.29, 1.82) is 0 Å². The van der Waals surface area contributed by atoms with Crippen molar-refractivity contribution in [3.05, 3.63) is 28.6 Å². The molecule has 1 aromatic heterocycles. The van der Waals surface area contributed by atoms with Gasteiger partial charge in [-0.15, -0.1) is 0 Å². The fourth-order valence-corrected chi connectivity index (χ4v) is 2.79. The molecule has 0 bridgehead atoms. The summed E-state index contributed by atoms with van der Waals surface area (Å²) in [4.78, 5) is 12.6. The smallest absolute Gasteiger partial charge is 0.297 e. The Kier molecular flexibility index (Phi) is 6.12. The number of methoxy groups -OCH3 is 1. The Bertz CT molecular complexity index is 749. The van der Waals surface area contributed by atoms with E-state index in [1.807, 2.05) is 26.0 Å². The average molecular weight is 333 g/mol. The standard InChI is InChI=1S/C19H27NO4/c1-5-6-7-8-11-20-16-12-14(23-4)9-10-15(16)18(24-13(2)3)17(21)19(20)22/h9-10,12-13,21H,5-8,11H2,1-4H3. The van der Waals surface area contributed by atoms with Crippen molar-refractivity contribution in [2.24, 2.45) is 0 Å². The molecule has 0 radical (unpaired) electrons. The zero-order valence-corrected chi connectivity index (χ0v) is 15.0. The summed E-state index contributed by atoms with van der Waals surface area (Å²) < 4.78 is 12.6. The third-order valence-corrected chi connectivity index (χ3v) is 3.99. The molecule has 0 saturated carbocycles. The highest BCUT2D eigenvalue weighted by Crippen LogP contribution is 2.34. The quantitative estimate of drug-likeness (QED) is 0.739. The summed E-state index contributed by atoms with van der Waals surface area (Å²) in [5.74, 6) is 0.597. The van der Waals surface area contributed by atoms with Crippen molar-refractivity contribution in [2.45, 2.75) is 59.1 Å². The van der Waals surface area contributed by atoms with E-state index in [2.05, 4.69) is 6.92 Å². The van der Waals surface area contributed by atoms with Crippen LogP contribution < -0.4 is 15.0 Å². The average Bonchev–Trinajstić information content (AvgIpc) is 2.57. The van der Waals surface area contributed by atoms with Gasteiger partial charge in [0.25, 0.3) is 5.56 Å². The lowest BCUT2D eigenvalue weighted by Crippen LogP contribution is -2.22. The van der Waals surface area contributed by atoms with Crippen LogP contribution in [0.5, 0.6) is 17.2 Å². The fraction of sp³-hybridized carbons (Fsp3) is 0.526. The monoisotopic (exact) mass is 333 g/mol. The second-order valence-corrected chi connectivity index (χ2v) is 6.24. The van der Waals surface area contributed by atoms with Crippen molar-refractivity contribution in [1.82, 2.24) is 4.57 Å². The maximum absolute atomic E-state index is 12.6. The summed E-state index contributed by atoms with van der Waals surface area (Å²) in [6.07, 6.45) is 4.08. The lowest BCUT2D eigenvalue weighted by Gasteiger charge is -2.18. The summed E-state index contributed by atoms with van der Waals surface area (Å²) in [5, 5.41) is 11.1. The predicted octanol–water partition coefficient (Wildman–Crippen LogP) is 4.08. The highest BCUT2D eigenvalue weighted by Gasteiger charge is 2.18. The topological polar surface area (TPSA) is 60.7 Å². The van der Waals surface area contributed by atoms with E-state index in [4.69, 9.17) is 9.47 Å². The third kappa shape index (κ3) is 3.83. The molecule has 0 unspecified atom stereocenters. The Balaban J connectivity index is 2.58. The Labute approximate surface area is 142 Å². The molecule has 24 heavy (non-hydrogen) atoms. The van der Waals surface area contributed by atoms with Gasteiger partial charge in [-0.2, -0.15) is 0 Å². The van der Waals surface area contributed by atoms with Gasteiger partial charge in [0.1, 0.15) is 5.75 Å². The van der Waals surface area contributed by atoms with Crippen LogP contribution in [0, 0.1) is 0 Å². The van der Waals surface area contributed by atoms with Gasteiger partial charge in [0.05, 0.1) is 18.7 Å². The minimum atomic E-state index is -0.414. The van der Waals surface area contributed by atoms with E-state index in [0.717, 1.165) is 36.6 Å². The molecule has 1 aromatic carbocycles. The molecular weight excluding hydrogens is 306 g/mol. The zero-order valence-electron chi connectivity index (χ0n) is 15.0. The molecule has 2 rings (SSSR count). The number of rotatable bonds is 8. The number of fused-ring (bicyclic) bond motifs is 1. The van der Waals surface area contributed by atoms with Crippen molar-refractivity contribution >= 4 is 10.9 Å². The van der Waals surface area contributed by atoms with Gasteiger partial charge in [-0.25, -0.2) is 0 Å². The number of aromatic nitrogens is 1. The van der Waals surface area contributed by atoms with Crippen molar-refractivity contribution in [3.63, 3.8) is 0 Å². The Morgan fingerprint density at radius 1 is 1.21 bits per heavy atom. The SMILES string of the molecule is CCCCCCn1c(=O)c(O)c(OC(C)C)c2ccc(OC)cc21. The van der Waals surface area contributed by atoms with E-state index in [0.29, 0.717) is 12.3 Å². The van der Waals surface area contributed by atoms with Crippen molar-refractivity contribution in [3.8, 4) is 17.2 Å². The van der Waals surface area contributed by atoms with Gasteiger partial charge in [0.15, 0.2) is 5.75 Å². The first kappa shape index (κ1) is 18.2. The molecule has 1 N–H and O–H groups in total. The number of aromatic hydroxyl groups is 1. The van der Waals surface area contributed by atoms with Gasteiger partial charge in [0.2, 0.25) is 5.75 Å². The van der Waals surface area contributed by atoms with E-state index >= 15 is 0 Å². The molecule has 5 heteroatoms. The molecule has 0 aliphatic heterocycles. The van der Waals surface area contributed by atoms with Crippen LogP contribution in [0.25, 0.3) is 10.9 Å². The lowest BCUT2D eigenvalue weighted by atomic mass is 10.1. The van der Waals surface area contributed by atoms with E-state index in [9.17, 15) is 9.90 Å². The van der Waals surface area contributed by atoms with E-state index in [1.165, 1.54) is 0 Å². The molecule has 0 amide bonds. The van der Waals surface area contributed by atoms with Gasteiger partial charge in [-0.05, 0) is 32.4 Å². The third-order valence-electron chi connectivity index (χ3n) is 3.99. The maximum atomic E-state index is 12.6. The normalized spacial score (nSPS) is 11.2. The van der Waals surface area contributed by atoms with Gasteiger partial charge in [0, 0.05) is 18.0 Å². The maximum Gasteiger partial charge on any atom is 0.297 e. The number of ether oxygens (including phenoxy) is 2. The van der Waals surface area contributed by atoms with Crippen LogP contribution in [0.4, 0.5) is 0 Å². The van der Waals surface area contributed by atoms with Crippen LogP contribution in [0.15, 0.2) is 23.0 Å². The van der Waals surface area contributed by atoms with Crippen LogP contribution >= 0.6 is 0 Å². The van der Waals surface area contributed by atoms with Gasteiger partial charge >= 0.3 is 0 Å². The number of unbranched alkanes of at least 4 members (excludes halogenated alkanes) is 3. The second-order valence-electron chi connectivity index (χ2n) is 6.24. The van der Waals surface area contributed by atoms with Crippen LogP contribution in [0.3, 0.4) is 0 Å². The summed E-state index contributed by atoms with van der Waals surface area (Å²) in [7, 11) is 1.59. The number of benzene rings is 1. The molecule has 0 aliphatic rings. The lowest BCUT2D eigenvalue weighted by molar-refractivity contribution is 0.233. The zero-order chi connectivity index (χ0) is 17.7. The largest absolute Gasteiger partial charge is 0.500 e. The van der Waals surface area contributed by atoms with Crippen LogP contribution in [0.1, 0.15) is 46.5 Å². The summed E-state index contributed by atoms with van der Waals surface area (Å²) >= 11 is 0. The molecular formula is C19H27NO4. The Morgan fingerprint density at radius 2 is 1.96 bits per heavy atom. The summed E-state index contributed by atoms with van der Waals surface area (Å²) in [6.45, 7) is 6.45. The van der Waals surface area contributed by atoms with E-state index in [1.54, 1.807) is 17.7 Å². The highest BCUT2D eigenvalue weighted by atomic mass is 16.5. The Hall–Kier alpha value is -2.17. The van der Waals surface area contributed by atoms with Gasteiger partial charge < -0.3 is 19.1 Å². The first-order chi connectivity index (χ1) is 11.5. The fourth-order valence-electron chi connectivity index (χ4n) is 2.79. The molecule has 5 nitrogen and oxygen atoms in total. The first-order valence-corrected chi connectivity index (χ1v) is 8.59. The van der Waals surface area contributed by atoms with Crippen LogP contribution in [-0.4, -0.2) is 22.9 Å². The molecule has 1 heterocycles. The number of pyridine rings is 1. The van der Waals surface area contributed by atoms with Crippen LogP contribution in [0.2, 0.25) is 0 Å². The molecule has 0 fully saturated rings. The van der Waals surface area contributed by atoms with Crippen LogP contribution in [-0.2, 0) is 6.54 Å². The van der Waals surface area contributed by atoms with Gasteiger partial charge in [-0.1, -0.05) is 26.2 Å². The number of nitrogens with zero attached hydrogens (tertiary/aromatic N) is 1. The number of hydrogen-bond donors (Lipinski definition) is 1. The number of hydrogen-bond acceptors (Lipinski definition) is 4. The summed E-state index contributed by atoms with van der Waals surface area (Å²) in [5.41, 5.74) is 0.312. The van der Waals surface area contributed by atoms with Crippen molar-refractivity contribution in [2.75, 3.05) is 7.11 Å². The first-order valence-electron chi connectivity index (χ1n) is 8.59. The van der Waals surface area contributed by atoms with Gasteiger partial charge in [-0.3, -0.25) is 4.79 Å². The van der Waals surface area contributed by atoms with Crippen molar-refractivity contribution < 1.29 is 14.6 Å². The molecule has 0 saturated heterocycles. The van der Waals surface area contributed by atoms with E-state index < -0.39 is 5.56 Å². The Morgan fingerprint density at radius 3 is 2.58 bits per heavy atom. The second kappa shape index (κ2) is 8.08.